The van der Waals surface area contributed by atoms with E-state index in [1.54, 1.807) is 25.1 Å². The maximum absolute atomic E-state index is 13.0. The van der Waals surface area contributed by atoms with E-state index in [9.17, 15) is 22.8 Å². The molecule has 8 heteroatoms. The van der Waals surface area contributed by atoms with Crippen LogP contribution in [0.1, 0.15) is 34.0 Å². The van der Waals surface area contributed by atoms with Crippen molar-refractivity contribution in [3.05, 3.63) is 64.7 Å². The molecule has 0 spiro atoms. The van der Waals surface area contributed by atoms with Crippen LogP contribution in [0.3, 0.4) is 0 Å². The number of hydrogen-bond acceptors (Lipinski definition) is 4. The second-order valence-electron chi connectivity index (χ2n) is 6.58. The van der Waals surface area contributed by atoms with Gasteiger partial charge in [-0.2, -0.15) is 13.2 Å². The van der Waals surface area contributed by atoms with Gasteiger partial charge in [-0.05, 0) is 48.4 Å². The second-order valence-corrected chi connectivity index (χ2v) is 6.58. The molecule has 29 heavy (non-hydrogen) atoms. The van der Waals surface area contributed by atoms with Crippen molar-refractivity contribution in [2.75, 3.05) is 19.8 Å². The molecule has 0 saturated heterocycles. The van der Waals surface area contributed by atoms with Gasteiger partial charge in [0.2, 0.25) is 0 Å². The first-order chi connectivity index (χ1) is 13.8. The molecule has 2 aromatic carbocycles. The fourth-order valence-electron chi connectivity index (χ4n) is 3.08. The lowest BCUT2D eigenvalue weighted by Crippen LogP contribution is -2.36. The van der Waals surface area contributed by atoms with Crippen LogP contribution >= 0.6 is 0 Å². The summed E-state index contributed by atoms with van der Waals surface area (Å²) < 4.78 is 48.7. The summed E-state index contributed by atoms with van der Waals surface area (Å²) in [5, 5.41) is 0. The van der Waals surface area contributed by atoms with Crippen LogP contribution in [0.15, 0.2) is 42.5 Å². The number of halogens is 3. The Hall–Kier alpha value is -3.03. The maximum Gasteiger partial charge on any atom is 0.416 e. The van der Waals surface area contributed by atoms with Gasteiger partial charge in [0, 0.05) is 18.5 Å². The first kappa shape index (κ1) is 20.7. The number of alkyl halides is 3. The van der Waals surface area contributed by atoms with Crippen LogP contribution in [0, 0.1) is 0 Å². The Morgan fingerprint density at radius 1 is 1.14 bits per heavy atom. The molecule has 0 N–H and O–H groups in total. The minimum atomic E-state index is -4.44. The lowest BCUT2D eigenvalue weighted by Gasteiger charge is -2.22. The Kier molecular flexibility index (Phi) is 6.10. The van der Waals surface area contributed by atoms with E-state index in [2.05, 4.69) is 0 Å². The molecule has 1 aliphatic heterocycles. The predicted octanol–water partition coefficient (Wildman–Crippen LogP) is 3.85. The van der Waals surface area contributed by atoms with Crippen LogP contribution in [-0.4, -0.2) is 36.5 Å². The summed E-state index contributed by atoms with van der Waals surface area (Å²) in [6.07, 6.45) is -3.75. The number of ether oxygens (including phenoxy) is 2. The van der Waals surface area contributed by atoms with Crippen molar-refractivity contribution >= 4 is 11.9 Å². The van der Waals surface area contributed by atoms with Crippen LogP contribution in [0.2, 0.25) is 0 Å². The van der Waals surface area contributed by atoms with E-state index < -0.39 is 23.6 Å². The first-order valence-electron chi connectivity index (χ1n) is 9.14. The number of hydrogen-bond donors (Lipinski definition) is 0. The highest BCUT2D eigenvalue weighted by molar-refractivity contribution is 5.96. The normalized spacial score (nSPS) is 12.8. The molecule has 0 radical (unpaired) electrons. The van der Waals surface area contributed by atoms with Gasteiger partial charge in [0.1, 0.15) is 12.3 Å². The summed E-state index contributed by atoms with van der Waals surface area (Å²) in [5.41, 5.74) is 0.982. The average molecular weight is 407 g/mol. The summed E-state index contributed by atoms with van der Waals surface area (Å²) in [4.78, 5) is 26.2. The monoisotopic (exact) mass is 407 g/mol. The van der Waals surface area contributed by atoms with Crippen LogP contribution in [-0.2, 0) is 28.7 Å². The minimum Gasteiger partial charge on any atom is -0.493 e. The number of carbonyl (C=O) groups excluding carboxylic acids is 2. The van der Waals surface area contributed by atoms with Gasteiger partial charge in [0.15, 0.2) is 0 Å². The molecule has 3 rings (SSSR count). The number of esters is 1. The van der Waals surface area contributed by atoms with Crippen LogP contribution < -0.4 is 4.74 Å². The molecule has 0 unspecified atom stereocenters. The van der Waals surface area contributed by atoms with Gasteiger partial charge in [-0.1, -0.05) is 12.1 Å². The molecule has 154 valence electrons. The fourth-order valence-corrected chi connectivity index (χ4v) is 3.08. The van der Waals surface area contributed by atoms with Crippen LogP contribution in [0.5, 0.6) is 5.75 Å². The van der Waals surface area contributed by atoms with Crippen molar-refractivity contribution in [3.63, 3.8) is 0 Å². The molecule has 0 aromatic heterocycles. The highest BCUT2D eigenvalue weighted by atomic mass is 19.4. The van der Waals surface area contributed by atoms with Crippen molar-refractivity contribution in [1.29, 1.82) is 0 Å². The van der Waals surface area contributed by atoms with Crippen molar-refractivity contribution in [2.24, 2.45) is 0 Å². The molecule has 0 aliphatic carbocycles. The zero-order chi connectivity index (χ0) is 21.0. The van der Waals surface area contributed by atoms with Gasteiger partial charge in [0.25, 0.3) is 5.91 Å². The van der Waals surface area contributed by atoms with Crippen molar-refractivity contribution in [1.82, 2.24) is 4.90 Å². The van der Waals surface area contributed by atoms with Gasteiger partial charge >= 0.3 is 12.1 Å². The summed E-state index contributed by atoms with van der Waals surface area (Å²) in [6.45, 7) is 2.04. The zero-order valence-corrected chi connectivity index (χ0v) is 15.8. The van der Waals surface area contributed by atoms with Crippen LogP contribution in [0.4, 0.5) is 13.2 Å². The van der Waals surface area contributed by atoms with Crippen molar-refractivity contribution in [3.8, 4) is 5.75 Å². The number of nitrogens with zero attached hydrogens (tertiary/aromatic N) is 1. The maximum atomic E-state index is 13.0. The van der Waals surface area contributed by atoms with Gasteiger partial charge < -0.3 is 14.4 Å². The SMILES string of the molecule is CCOC(=O)CN(Cc1ccc(C(F)(F)F)cc1)C(=O)c1ccc2c(c1)CCO2. The Balaban J connectivity index is 1.82. The summed E-state index contributed by atoms with van der Waals surface area (Å²) >= 11 is 0. The van der Waals surface area contributed by atoms with E-state index in [1.807, 2.05) is 0 Å². The van der Waals surface area contributed by atoms with Crippen molar-refractivity contribution in [2.45, 2.75) is 26.1 Å². The van der Waals surface area contributed by atoms with E-state index in [0.29, 0.717) is 24.2 Å². The van der Waals surface area contributed by atoms with Gasteiger partial charge in [0.05, 0.1) is 18.8 Å². The lowest BCUT2D eigenvalue weighted by molar-refractivity contribution is -0.144. The molecule has 2 aromatic rings. The molecular weight excluding hydrogens is 387 g/mol. The lowest BCUT2D eigenvalue weighted by atomic mass is 10.1. The molecular formula is C21H20F3NO4. The van der Waals surface area contributed by atoms with Gasteiger partial charge in [-0.25, -0.2) is 0 Å². The third kappa shape index (κ3) is 5.07. The largest absolute Gasteiger partial charge is 0.493 e. The summed E-state index contributed by atoms with van der Waals surface area (Å²) in [6, 6.07) is 9.53. The third-order valence-electron chi connectivity index (χ3n) is 4.50. The van der Waals surface area contributed by atoms with Crippen molar-refractivity contribution < 1.29 is 32.2 Å². The predicted molar refractivity (Wildman–Crippen MR) is 98.5 cm³/mol. The van der Waals surface area contributed by atoms with E-state index in [0.717, 1.165) is 23.4 Å². The Labute approximate surface area is 166 Å². The van der Waals surface area contributed by atoms with E-state index in [-0.39, 0.29) is 19.7 Å². The molecule has 0 saturated carbocycles. The number of rotatable bonds is 6. The Morgan fingerprint density at radius 3 is 2.52 bits per heavy atom. The Bertz CT molecular complexity index is 894. The van der Waals surface area contributed by atoms with Crippen LogP contribution in [0.25, 0.3) is 0 Å². The molecule has 0 bridgehead atoms. The molecule has 1 amide bonds. The quantitative estimate of drug-likeness (QED) is 0.683. The minimum absolute atomic E-state index is 0.0244. The van der Waals surface area contributed by atoms with E-state index in [4.69, 9.17) is 9.47 Å². The second kappa shape index (κ2) is 8.55. The fraction of sp³-hybridized carbons (Fsp3) is 0.333. The highest BCUT2D eigenvalue weighted by Gasteiger charge is 2.30. The molecule has 0 atom stereocenters. The topological polar surface area (TPSA) is 55.8 Å². The first-order valence-corrected chi connectivity index (χ1v) is 9.14. The zero-order valence-electron chi connectivity index (χ0n) is 15.8. The van der Waals surface area contributed by atoms with E-state index >= 15 is 0 Å². The molecule has 1 aliphatic rings. The average Bonchev–Trinajstić information content (AvgIpc) is 3.14. The van der Waals surface area contributed by atoms with Gasteiger partial charge in [-0.15, -0.1) is 0 Å². The summed E-state index contributed by atoms with van der Waals surface area (Å²) in [5.74, 6) is -0.272. The molecule has 5 nitrogen and oxygen atoms in total. The number of amides is 1. The Morgan fingerprint density at radius 2 is 1.86 bits per heavy atom. The smallest absolute Gasteiger partial charge is 0.416 e. The third-order valence-corrected chi connectivity index (χ3v) is 4.50. The number of carbonyl (C=O) groups is 2. The molecule has 0 fully saturated rings. The standard InChI is InChI=1S/C21H20F3NO4/c1-2-28-19(26)13-25(12-14-3-6-17(7-4-14)21(22,23)24)20(27)16-5-8-18-15(11-16)9-10-29-18/h3-8,11H,2,9-10,12-13H2,1H3. The number of benzene rings is 2. The molecule has 1 heterocycles. The summed E-state index contributed by atoms with van der Waals surface area (Å²) in [7, 11) is 0. The highest BCUT2D eigenvalue weighted by Crippen LogP contribution is 2.29. The van der Waals surface area contributed by atoms with Gasteiger partial charge in [-0.3, -0.25) is 9.59 Å². The number of fused-ring (bicyclic) bond motifs is 1. The van der Waals surface area contributed by atoms with E-state index in [1.165, 1.54) is 17.0 Å².